The number of ether oxygens (including phenoxy) is 3. The Morgan fingerprint density at radius 3 is 2.61 bits per heavy atom. The number of fused-ring (bicyclic) bond motifs is 2. The molecule has 1 aliphatic carbocycles. The van der Waals surface area contributed by atoms with Crippen molar-refractivity contribution in [3.8, 4) is 11.5 Å². The second kappa shape index (κ2) is 7.53. The van der Waals surface area contributed by atoms with Crippen molar-refractivity contribution in [3.05, 3.63) is 18.2 Å². The highest BCUT2D eigenvalue weighted by atomic mass is 32.2. The largest absolute Gasteiger partial charge is 0.486 e. The zero-order valence-corrected chi connectivity index (χ0v) is 16.9. The number of nitrogens with zero attached hydrogens (tertiary/aromatic N) is 1. The summed E-state index contributed by atoms with van der Waals surface area (Å²) < 4.78 is 45.0. The minimum Gasteiger partial charge on any atom is -0.486 e. The molecule has 28 heavy (non-hydrogen) atoms. The maximum Gasteiger partial charge on any atom is 0.246 e. The summed E-state index contributed by atoms with van der Waals surface area (Å²) in [7, 11) is -2.07. The molecule has 2 heterocycles. The highest BCUT2D eigenvalue weighted by Crippen LogP contribution is 2.42. The van der Waals surface area contributed by atoms with Crippen LogP contribution in [0.4, 0.5) is 0 Å². The van der Waals surface area contributed by atoms with E-state index in [1.165, 1.54) is 6.92 Å². The lowest BCUT2D eigenvalue weighted by molar-refractivity contribution is -0.121. The lowest BCUT2D eigenvalue weighted by Gasteiger charge is -2.37. The first-order chi connectivity index (χ1) is 13.4. The van der Waals surface area contributed by atoms with E-state index in [2.05, 4.69) is 5.32 Å². The van der Waals surface area contributed by atoms with Gasteiger partial charge in [0.25, 0.3) is 0 Å². The minimum absolute atomic E-state index is 0.0902. The van der Waals surface area contributed by atoms with Gasteiger partial charge in [0, 0.05) is 27.1 Å². The van der Waals surface area contributed by atoms with E-state index in [0.29, 0.717) is 44.2 Å². The van der Waals surface area contributed by atoms with Crippen LogP contribution in [0.3, 0.4) is 0 Å². The third-order valence-electron chi connectivity index (χ3n) is 5.92. The molecule has 2 fully saturated rings. The van der Waals surface area contributed by atoms with E-state index >= 15 is 0 Å². The van der Waals surface area contributed by atoms with Crippen molar-refractivity contribution < 1.29 is 27.4 Å². The van der Waals surface area contributed by atoms with Crippen molar-refractivity contribution in [3.63, 3.8) is 0 Å². The second-order valence-corrected chi connectivity index (χ2v) is 9.58. The zero-order chi connectivity index (χ0) is 19.9. The Kier molecular flexibility index (Phi) is 5.24. The van der Waals surface area contributed by atoms with Crippen LogP contribution in [0.5, 0.6) is 11.5 Å². The van der Waals surface area contributed by atoms with Crippen LogP contribution < -0.4 is 14.8 Å². The van der Waals surface area contributed by atoms with Crippen molar-refractivity contribution in [1.82, 2.24) is 9.62 Å². The first-order valence-electron chi connectivity index (χ1n) is 9.59. The van der Waals surface area contributed by atoms with Gasteiger partial charge in [0.2, 0.25) is 15.9 Å². The van der Waals surface area contributed by atoms with E-state index in [0.717, 1.165) is 6.42 Å². The predicted molar refractivity (Wildman–Crippen MR) is 101 cm³/mol. The number of methoxy groups -OCH3 is 1. The van der Waals surface area contributed by atoms with Gasteiger partial charge in [-0.2, -0.15) is 4.31 Å². The van der Waals surface area contributed by atoms with Crippen molar-refractivity contribution in [2.24, 2.45) is 11.8 Å². The SMILES string of the molecule is CO[C@@H]1C[C@H]2CN(S(=O)(=O)c3cccc4c3OCCO4)C[C@H]2C[C@H]1NC(C)=O. The summed E-state index contributed by atoms with van der Waals surface area (Å²) in [5.74, 6) is 1.07. The maximum atomic E-state index is 13.3. The van der Waals surface area contributed by atoms with Crippen LogP contribution in [0.2, 0.25) is 0 Å². The van der Waals surface area contributed by atoms with E-state index in [-0.39, 0.29) is 34.8 Å². The lowest BCUT2D eigenvalue weighted by Crippen LogP contribution is -2.49. The average Bonchev–Trinajstić information content (AvgIpc) is 3.10. The molecule has 1 saturated heterocycles. The smallest absolute Gasteiger partial charge is 0.246 e. The van der Waals surface area contributed by atoms with Crippen LogP contribution in [-0.2, 0) is 19.6 Å². The maximum absolute atomic E-state index is 13.3. The number of hydrogen-bond acceptors (Lipinski definition) is 6. The van der Waals surface area contributed by atoms with E-state index in [1.54, 1.807) is 29.6 Å². The molecule has 4 rings (SSSR count). The molecule has 9 heteroatoms. The first-order valence-corrected chi connectivity index (χ1v) is 11.0. The Balaban J connectivity index is 1.56. The fourth-order valence-electron chi connectivity index (χ4n) is 4.63. The van der Waals surface area contributed by atoms with Gasteiger partial charge < -0.3 is 19.5 Å². The van der Waals surface area contributed by atoms with Crippen molar-refractivity contribution in [2.75, 3.05) is 33.4 Å². The molecule has 1 amide bonds. The highest BCUT2D eigenvalue weighted by molar-refractivity contribution is 7.89. The van der Waals surface area contributed by atoms with Crippen LogP contribution in [0, 0.1) is 11.8 Å². The number of benzene rings is 1. The quantitative estimate of drug-likeness (QED) is 0.796. The van der Waals surface area contributed by atoms with Crippen molar-refractivity contribution >= 4 is 15.9 Å². The fourth-order valence-corrected chi connectivity index (χ4v) is 6.33. The molecule has 3 aliphatic rings. The summed E-state index contributed by atoms with van der Waals surface area (Å²) in [5, 5.41) is 2.95. The van der Waals surface area contributed by atoms with Gasteiger partial charge in [-0.3, -0.25) is 4.79 Å². The topological polar surface area (TPSA) is 94.2 Å². The summed E-state index contributed by atoms with van der Waals surface area (Å²) in [5.41, 5.74) is 0. The summed E-state index contributed by atoms with van der Waals surface area (Å²) in [6.07, 6.45) is 1.33. The molecule has 0 radical (unpaired) electrons. The lowest BCUT2D eigenvalue weighted by atomic mass is 9.77. The Bertz CT molecular complexity index is 858. The molecule has 1 saturated carbocycles. The van der Waals surface area contributed by atoms with Gasteiger partial charge in [-0.1, -0.05) is 6.07 Å². The van der Waals surface area contributed by atoms with Gasteiger partial charge >= 0.3 is 0 Å². The monoisotopic (exact) mass is 410 g/mol. The molecule has 0 spiro atoms. The molecule has 4 atom stereocenters. The van der Waals surface area contributed by atoms with Gasteiger partial charge in [0.05, 0.1) is 12.1 Å². The summed E-state index contributed by atoms with van der Waals surface area (Å²) in [6.45, 7) is 3.12. The Labute approximate surface area is 165 Å². The Morgan fingerprint density at radius 2 is 1.89 bits per heavy atom. The first kappa shape index (κ1) is 19.5. The van der Waals surface area contributed by atoms with Gasteiger partial charge in [0.15, 0.2) is 11.5 Å². The molecule has 8 nitrogen and oxygen atoms in total. The molecule has 0 unspecified atom stereocenters. The van der Waals surface area contributed by atoms with E-state index in [9.17, 15) is 13.2 Å². The molecule has 154 valence electrons. The number of amides is 1. The van der Waals surface area contributed by atoms with Crippen LogP contribution in [-0.4, -0.2) is 64.2 Å². The second-order valence-electron chi connectivity index (χ2n) is 7.68. The van der Waals surface area contributed by atoms with Crippen molar-refractivity contribution in [2.45, 2.75) is 36.8 Å². The molecule has 0 aromatic heterocycles. The number of para-hydroxylation sites is 1. The number of rotatable bonds is 4. The van der Waals surface area contributed by atoms with Gasteiger partial charge in [-0.15, -0.1) is 0 Å². The van der Waals surface area contributed by atoms with Crippen LogP contribution in [0.25, 0.3) is 0 Å². The molecular weight excluding hydrogens is 384 g/mol. The summed E-state index contributed by atoms with van der Waals surface area (Å²) in [6, 6.07) is 4.88. The van der Waals surface area contributed by atoms with Crippen LogP contribution in [0.1, 0.15) is 19.8 Å². The third-order valence-corrected chi connectivity index (χ3v) is 7.78. The van der Waals surface area contributed by atoms with Crippen molar-refractivity contribution in [1.29, 1.82) is 0 Å². The molecule has 1 N–H and O–H groups in total. The third kappa shape index (κ3) is 3.46. The number of nitrogens with one attached hydrogen (secondary N) is 1. The normalized spacial score (nSPS) is 29.9. The number of hydrogen-bond donors (Lipinski definition) is 1. The molecule has 0 bridgehead atoms. The van der Waals surface area contributed by atoms with E-state index in [1.807, 2.05) is 0 Å². The Hall–Kier alpha value is -1.84. The van der Waals surface area contributed by atoms with Crippen LogP contribution in [0.15, 0.2) is 23.1 Å². The van der Waals surface area contributed by atoms with Gasteiger partial charge in [-0.05, 0) is 36.8 Å². The zero-order valence-electron chi connectivity index (χ0n) is 16.1. The number of carbonyl (C=O) groups is 1. The minimum atomic E-state index is -3.70. The van der Waals surface area contributed by atoms with E-state index < -0.39 is 10.0 Å². The number of carbonyl (C=O) groups excluding carboxylic acids is 1. The average molecular weight is 410 g/mol. The standard InChI is InChI=1S/C19H26N2O6S/c1-12(22)20-15-8-13-10-21(11-14(13)9-17(15)25-2)28(23,24)18-5-3-4-16-19(18)27-7-6-26-16/h3-5,13-15,17H,6-11H2,1-2H3,(H,20,22)/t13-,14+,15-,17-/m1/s1. The van der Waals surface area contributed by atoms with Gasteiger partial charge in [0.1, 0.15) is 18.1 Å². The summed E-state index contributed by atoms with van der Waals surface area (Å²) >= 11 is 0. The molecule has 1 aromatic rings. The highest BCUT2D eigenvalue weighted by Gasteiger charge is 2.46. The molecular formula is C19H26N2O6S. The fraction of sp³-hybridized carbons (Fsp3) is 0.632. The van der Waals surface area contributed by atoms with Crippen LogP contribution >= 0.6 is 0 Å². The summed E-state index contributed by atoms with van der Waals surface area (Å²) in [4.78, 5) is 11.7. The predicted octanol–water partition coefficient (Wildman–Crippen LogP) is 1.01. The Morgan fingerprint density at radius 1 is 1.18 bits per heavy atom. The van der Waals surface area contributed by atoms with Gasteiger partial charge in [-0.25, -0.2) is 8.42 Å². The molecule has 2 aliphatic heterocycles. The molecule has 1 aromatic carbocycles. The van der Waals surface area contributed by atoms with E-state index in [4.69, 9.17) is 14.2 Å². The number of sulfonamides is 1.